The largest absolute Gasteiger partial charge is 0.333 e. The van der Waals surface area contributed by atoms with Gasteiger partial charge in [-0.3, -0.25) is 4.79 Å². The average Bonchev–Trinajstić information content (AvgIpc) is 3.09. The predicted molar refractivity (Wildman–Crippen MR) is 127 cm³/mol. The quantitative estimate of drug-likeness (QED) is 0.624. The Labute approximate surface area is 189 Å². The number of rotatable bonds is 3. The van der Waals surface area contributed by atoms with E-state index in [4.69, 9.17) is 5.73 Å². The van der Waals surface area contributed by atoms with E-state index in [0.717, 1.165) is 47.9 Å². The van der Waals surface area contributed by atoms with Crippen LogP contribution in [0.1, 0.15) is 47.2 Å². The summed E-state index contributed by atoms with van der Waals surface area (Å²) in [5.74, 6) is 0.106. The molecule has 32 heavy (non-hydrogen) atoms. The van der Waals surface area contributed by atoms with E-state index >= 15 is 0 Å². The number of carbonyl (C=O) groups is 1. The Hall–Kier alpha value is -3.42. The van der Waals surface area contributed by atoms with Gasteiger partial charge in [0.05, 0.1) is 11.6 Å². The normalized spacial score (nSPS) is 21.9. The zero-order valence-corrected chi connectivity index (χ0v) is 18.3. The predicted octanol–water partition coefficient (Wildman–Crippen LogP) is 5.30. The number of amides is 1. The Morgan fingerprint density at radius 3 is 2.12 bits per heavy atom. The molecule has 3 aromatic carbocycles. The molecule has 5 rings (SSSR count). The van der Waals surface area contributed by atoms with Gasteiger partial charge in [-0.15, -0.1) is 0 Å². The summed E-state index contributed by atoms with van der Waals surface area (Å²) >= 11 is 0. The van der Waals surface area contributed by atoms with Crippen molar-refractivity contribution in [2.45, 2.75) is 50.7 Å². The number of carbonyl (C=O) groups excluding carboxylic acids is 1. The minimum atomic E-state index is 0.106. The number of fused-ring (bicyclic) bond motifs is 2. The zero-order chi connectivity index (χ0) is 22.2. The first-order valence-electron chi connectivity index (χ1n) is 11.3. The highest BCUT2D eigenvalue weighted by Gasteiger charge is 2.42. The molecule has 2 fully saturated rings. The Kier molecular flexibility index (Phi) is 5.28. The van der Waals surface area contributed by atoms with Crippen molar-refractivity contribution in [3.05, 3.63) is 83.4 Å². The van der Waals surface area contributed by atoms with Crippen LogP contribution in [-0.2, 0) is 0 Å². The van der Waals surface area contributed by atoms with Crippen molar-refractivity contribution >= 4 is 5.91 Å². The van der Waals surface area contributed by atoms with Gasteiger partial charge >= 0.3 is 0 Å². The smallest absolute Gasteiger partial charge is 0.254 e. The summed E-state index contributed by atoms with van der Waals surface area (Å²) in [5.41, 5.74) is 13.0. The Bertz CT molecular complexity index is 1180. The zero-order valence-electron chi connectivity index (χ0n) is 18.3. The number of hydrogen-bond donors (Lipinski definition) is 1. The number of nitrogens with two attached hydrogens (primary N) is 1. The second-order valence-electron chi connectivity index (χ2n) is 9.14. The summed E-state index contributed by atoms with van der Waals surface area (Å²) in [6, 6.07) is 25.0. The summed E-state index contributed by atoms with van der Waals surface area (Å²) in [6.07, 6.45) is 3.89. The van der Waals surface area contributed by atoms with Gasteiger partial charge in [-0.05, 0) is 79.1 Å². The third-order valence-corrected chi connectivity index (χ3v) is 6.96. The SMILES string of the molecule is Cc1ccc(-c2ccc(C(=O)N3[C@@H]4CC[C@H]3C[C@H](N)C4)cc2-c2ccc(C#N)cc2)cc1. The van der Waals surface area contributed by atoms with Gasteiger partial charge in [-0.25, -0.2) is 0 Å². The van der Waals surface area contributed by atoms with Gasteiger partial charge in [0.15, 0.2) is 0 Å². The molecule has 0 spiro atoms. The van der Waals surface area contributed by atoms with Gasteiger partial charge in [0.25, 0.3) is 5.91 Å². The van der Waals surface area contributed by atoms with E-state index in [9.17, 15) is 10.1 Å². The molecule has 0 aromatic heterocycles. The number of hydrogen-bond acceptors (Lipinski definition) is 3. The number of aryl methyl sites for hydroxylation is 1. The molecular weight excluding hydrogens is 394 g/mol. The molecule has 3 atom stereocenters. The fourth-order valence-corrected chi connectivity index (χ4v) is 5.33. The average molecular weight is 422 g/mol. The van der Waals surface area contributed by atoms with Crippen LogP contribution in [0.25, 0.3) is 22.3 Å². The second kappa shape index (κ2) is 8.26. The van der Waals surface area contributed by atoms with Crippen molar-refractivity contribution in [1.29, 1.82) is 5.26 Å². The Morgan fingerprint density at radius 1 is 0.906 bits per heavy atom. The minimum absolute atomic E-state index is 0.106. The third-order valence-electron chi connectivity index (χ3n) is 6.96. The summed E-state index contributed by atoms with van der Waals surface area (Å²) < 4.78 is 0. The van der Waals surface area contributed by atoms with E-state index in [1.807, 2.05) is 36.4 Å². The molecule has 2 heterocycles. The molecule has 0 saturated carbocycles. The first-order valence-corrected chi connectivity index (χ1v) is 11.3. The summed E-state index contributed by atoms with van der Waals surface area (Å²) in [4.78, 5) is 15.7. The molecule has 2 N–H and O–H groups in total. The van der Waals surface area contributed by atoms with Gasteiger partial charge in [0.2, 0.25) is 0 Å². The van der Waals surface area contributed by atoms with Crippen molar-refractivity contribution in [3.8, 4) is 28.3 Å². The Balaban J connectivity index is 1.57. The molecule has 2 aliphatic heterocycles. The highest BCUT2D eigenvalue weighted by Crippen LogP contribution is 2.38. The van der Waals surface area contributed by atoms with E-state index < -0.39 is 0 Å². The molecule has 4 nitrogen and oxygen atoms in total. The lowest BCUT2D eigenvalue weighted by Gasteiger charge is -2.38. The topological polar surface area (TPSA) is 70.1 Å². The van der Waals surface area contributed by atoms with Crippen LogP contribution < -0.4 is 5.73 Å². The molecule has 4 heteroatoms. The van der Waals surface area contributed by atoms with E-state index in [1.165, 1.54) is 5.56 Å². The molecule has 160 valence electrons. The van der Waals surface area contributed by atoms with Crippen molar-refractivity contribution in [2.24, 2.45) is 5.73 Å². The van der Waals surface area contributed by atoms with Crippen LogP contribution >= 0.6 is 0 Å². The van der Waals surface area contributed by atoms with E-state index in [0.29, 0.717) is 11.1 Å². The molecule has 1 amide bonds. The second-order valence-corrected chi connectivity index (χ2v) is 9.14. The van der Waals surface area contributed by atoms with Crippen molar-refractivity contribution in [2.75, 3.05) is 0 Å². The first kappa shape index (κ1) is 20.5. The van der Waals surface area contributed by atoms with E-state index in [1.54, 1.807) is 0 Å². The van der Waals surface area contributed by atoms with Crippen LogP contribution in [0.15, 0.2) is 66.7 Å². The molecule has 2 bridgehead atoms. The van der Waals surface area contributed by atoms with Crippen LogP contribution in [0, 0.1) is 18.3 Å². The van der Waals surface area contributed by atoms with Crippen LogP contribution in [0.3, 0.4) is 0 Å². The van der Waals surface area contributed by atoms with Gasteiger partial charge in [-0.2, -0.15) is 5.26 Å². The number of piperidine rings is 1. The van der Waals surface area contributed by atoms with Gasteiger partial charge in [0.1, 0.15) is 0 Å². The van der Waals surface area contributed by atoms with E-state index in [2.05, 4.69) is 48.2 Å². The fourth-order valence-electron chi connectivity index (χ4n) is 5.33. The summed E-state index contributed by atoms with van der Waals surface area (Å²) in [7, 11) is 0. The lowest BCUT2D eigenvalue weighted by molar-refractivity contribution is 0.0575. The van der Waals surface area contributed by atoms with Crippen LogP contribution in [0.2, 0.25) is 0 Å². The molecule has 0 radical (unpaired) electrons. The number of nitriles is 1. The summed E-state index contributed by atoms with van der Waals surface area (Å²) in [5, 5.41) is 9.18. The van der Waals surface area contributed by atoms with Gasteiger partial charge in [-0.1, -0.05) is 48.0 Å². The summed E-state index contributed by atoms with van der Waals surface area (Å²) in [6.45, 7) is 2.08. The van der Waals surface area contributed by atoms with Gasteiger partial charge < -0.3 is 10.6 Å². The molecule has 2 aliphatic rings. The first-order chi connectivity index (χ1) is 15.5. The molecule has 0 unspecified atom stereocenters. The maximum Gasteiger partial charge on any atom is 0.254 e. The van der Waals surface area contributed by atoms with Crippen LogP contribution in [0.5, 0.6) is 0 Å². The van der Waals surface area contributed by atoms with E-state index in [-0.39, 0.29) is 24.0 Å². The minimum Gasteiger partial charge on any atom is -0.333 e. The lowest BCUT2D eigenvalue weighted by atomic mass is 9.91. The highest BCUT2D eigenvalue weighted by atomic mass is 16.2. The maximum atomic E-state index is 13.6. The molecule has 2 saturated heterocycles. The maximum absolute atomic E-state index is 13.6. The monoisotopic (exact) mass is 421 g/mol. The Morgan fingerprint density at radius 2 is 1.50 bits per heavy atom. The lowest BCUT2D eigenvalue weighted by Crippen LogP contribution is -2.50. The fraction of sp³-hybridized carbons (Fsp3) is 0.286. The molecular formula is C28H27N3O. The van der Waals surface area contributed by atoms with Gasteiger partial charge in [0, 0.05) is 23.7 Å². The number of benzene rings is 3. The highest BCUT2D eigenvalue weighted by molar-refractivity contribution is 5.98. The van der Waals surface area contributed by atoms with Crippen LogP contribution in [0.4, 0.5) is 0 Å². The third kappa shape index (κ3) is 3.70. The molecule has 3 aromatic rings. The van der Waals surface area contributed by atoms with Crippen molar-refractivity contribution < 1.29 is 4.79 Å². The molecule has 0 aliphatic carbocycles. The number of nitrogens with zero attached hydrogens (tertiary/aromatic N) is 2. The van der Waals surface area contributed by atoms with Crippen LogP contribution in [-0.4, -0.2) is 28.9 Å². The van der Waals surface area contributed by atoms with Crippen molar-refractivity contribution in [1.82, 2.24) is 4.90 Å². The van der Waals surface area contributed by atoms with Crippen molar-refractivity contribution in [3.63, 3.8) is 0 Å². The standard InChI is InChI=1S/C28H27N3O/c1-18-2-6-20(7-3-18)26-13-10-22(14-27(26)21-8-4-19(17-29)5-9-21)28(32)31-24-11-12-25(31)16-23(30)15-24/h2-10,13-14,23-25H,11-12,15-16,30H2,1H3/t23-,24-,25+.